The van der Waals surface area contributed by atoms with Crippen LogP contribution in [0.2, 0.25) is 0 Å². The number of furan rings is 1. The summed E-state index contributed by atoms with van der Waals surface area (Å²) in [4.78, 5) is 26.8. The van der Waals surface area contributed by atoms with Crippen molar-refractivity contribution in [2.45, 2.75) is 13.0 Å². The van der Waals surface area contributed by atoms with Gasteiger partial charge >= 0.3 is 5.91 Å². The Labute approximate surface area is 163 Å². The van der Waals surface area contributed by atoms with Gasteiger partial charge in [-0.3, -0.25) is 14.5 Å². The van der Waals surface area contributed by atoms with Crippen LogP contribution in [-0.4, -0.2) is 34.1 Å². The SMILES string of the molecule is COc1cc(/C(O)=C2\C(=O)C(=O)N(c3nncs3)C2c2ccoc2)ccc1C. The van der Waals surface area contributed by atoms with Crippen LogP contribution < -0.4 is 9.64 Å². The summed E-state index contributed by atoms with van der Waals surface area (Å²) in [6, 6.07) is 5.81. The predicted octanol–water partition coefficient (Wildman–Crippen LogP) is 3.07. The summed E-state index contributed by atoms with van der Waals surface area (Å²) in [5, 5.41) is 18.9. The maximum Gasteiger partial charge on any atom is 0.301 e. The molecule has 28 heavy (non-hydrogen) atoms. The molecule has 0 aliphatic carbocycles. The number of hydrogen-bond donors (Lipinski definition) is 1. The van der Waals surface area contributed by atoms with E-state index in [2.05, 4.69) is 10.2 Å². The zero-order chi connectivity index (χ0) is 19.8. The summed E-state index contributed by atoms with van der Waals surface area (Å²) in [6.45, 7) is 1.86. The summed E-state index contributed by atoms with van der Waals surface area (Å²) >= 11 is 1.12. The van der Waals surface area contributed by atoms with E-state index in [1.54, 1.807) is 24.3 Å². The number of rotatable bonds is 4. The highest BCUT2D eigenvalue weighted by Gasteiger charge is 2.48. The standard InChI is InChI=1S/C19H15N3O5S/c1-10-3-4-11(7-13(10)26-2)16(23)14-15(12-5-6-27-8-12)22(18(25)17(14)24)19-21-20-9-28-19/h3-9,15,23H,1-2H3/b16-14+. The van der Waals surface area contributed by atoms with Crippen molar-refractivity contribution in [3.05, 3.63) is 64.6 Å². The van der Waals surface area contributed by atoms with Gasteiger partial charge in [0.05, 0.1) is 25.2 Å². The minimum absolute atomic E-state index is 0.0486. The second-order valence-corrected chi connectivity index (χ2v) is 6.94. The zero-order valence-electron chi connectivity index (χ0n) is 14.9. The van der Waals surface area contributed by atoms with Crippen molar-refractivity contribution in [2.24, 2.45) is 0 Å². The molecule has 9 heteroatoms. The topological polar surface area (TPSA) is 106 Å². The van der Waals surface area contributed by atoms with Crippen LogP contribution in [0.25, 0.3) is 5.76 Å². The number of aliphatic hydroxyl groups is 1. The second-order valence-electron chi connectivity index (χ2n) is 6.13. The minimum Gasteiger partial charge on any atom is -0.507 e. The Bertz CT molecular complexity index is 1070. The van der Waals surface area contributed by atoms with E-state index < -0.39 is 17.7 Å². The number of Topliss-reactive ketones (excluding diaryl/α,β-unsaturated/α-hetero) is 1. The highest BCUT2D eigenvalue weighted by Crippen LogP contribution is 2.42. The van der Waals surface area contributed by atoms with Gasteiger partial charge in [0, 0.05) is 11.1 Å². The number of ketones is 1. The first-order valence-electron chi connectivity index (χ1n) is 8.27. The Morgan fingerprint density at radius 1 is 1.32 bits per heavy atom. The molecule has 1 amide bonds. The average Bonchev–Trinajstić information content (AvgIpc) is 3.44. The molecule has 0 spiro atoms. The lowest BCUT2D eigenvalue weighted by Crippen LogP contribution is -2.29. The van der Waals surface area contributed by atoms with E-state index in [1.165, 1.54) is 30.0 Å². The molecule has 1 aliphatic heterocycles. The number of aryl methyl sites for hydroxylation is 1. The molecule has 1 atom stereocenters. The van der Waals surface area contributed by atoms with Gasteiger partial charge in [0.1, 0.15) is 23.1 Å². The third-order valence-electron chi connectivity index (χ3n) is 4.54. The van der Waals surface area contributed by atoms with Gasteiger partial charge in [-0.2, -0.15) is 0 Å². The molecule has 1 unspecified atom stereocenters. The Hall–Kier alpha value is -3.46. The molecule has 4 rings (SSSR count). The summed E-state index contributed by atoms with van der Waals surface area (Å²) in [5.74, 6) is -1.33. The van der Waals surface area contributed by atoms with Gasteiger partial charge in [0.2, 0.25) is 5.13 Å². The molecule has 2 aromatic heterocycles. The minimum atomic E-state index is -0.876. The molecule has 8 nitrogen and oxygen atoms in total. The Kier molecular flexibility index (Phi) is 4.44. The maximum atomic E-state index is 12.8. The summed E-state index contributed by atoms with van der Waals surface area (Å²) < 4.78 is 10.4. The molecule has 142 valence electrons. The van der Waals surface area contributed by atoms with Crippen molar-refractivity contribution in [2.75, 3.05) is 12.0 Å². The molecule has 1 N–H and O–H groups in total. The van der Waals surface area contributed by atoms with E-state index in [9.17, 15) is 14.7 Å². The quantitative estimate of drug-likeness (QED) is 0.410. The van der Waals surface area contributed by atoms with Crippen LogP contribution in [0, 0.1) is 6.92 Å². The van der Waals surface area contributed by atoms with Crippen molar-refractivity contribution in [3.63, 3.8) is 0 Å². The Morgan fingerprint density at radius 2 is 2.14 bits per heavy atom. The number of aromatic nitrogens is 2. The molecule has 3 aromatic rings. The fourth-order valence-electron chi connectivity index (χ4n) is 3.17. The maximum absolute atomic E-state index is 12.8. The number of methoxy groups -OCH3 is 1. The normalized spacial score (nSPS) is 18.6. The van der Waals surface area contributed by atoms with E-state index in [1.807, 2.05) is 6.92 Å². The van der Waals surface area contributed by atoms with Crippen molar-refractivity contribution in [1.82, 2.24) is 10.2 Å². The van der Waals surface area contributed by atoms with Crippen LogP contribution in [0.4, 0.5) is 5.13 Å². The highest BCUT2D eigenvalue weighted by molar-refractivity contribution is 7.13. The van der Waals surface area contributed by atoms with Gasteiger partial charge in [0.15, 0.2) is 0 Å². The van der Waals surface area contributed by atoms with Gasteiger partial charge in [-0.1, -0.05) is 23.5 Å². The van der Waals surface area contributed by atoms with Gasteiger partial charge in [-0.25, -0.2) is 0 Å². The van der Waals surface area contributed by atoms with Crippen LogP contribution in [-0.2, 0) is 9.59 Å². The number of nitrogens with zero attached hydrogens (tertiary/aromatic N) is 3. The fourth-order valence-corrected chi connectivity index (χ4v) is 3.76. The van der Waals surface area contributed by atoms with Gasteiger partial charge in [-0.05, 0) is 24.6 Å². The lowest BCUT2D eigenvalue weighted by atomic mass is 9.96. The van der Waals surface area contributed by atoms with Crippen LogP contribution in [0.3, 0.4) is 0 Å². The monoisotopic (exact) mass is 397 g/mol. The van der Waals surface area contributed by atoms with Crippen molar-refractivity contribution in [3.8, 4) is 5.75 Å². The molecule has 1 aromatic carbocycles. The number of ether oxygens (including phenoxy) is 1. The third-order valence-corrected chi connectivity index (χ3v) is 5.23. The third kappa shape index (κ3) is 2.76. The number of benzene rings is 1. The van der Waals surface area contributed by atoms with Crippen molar-refractivity contribution >= 4 is 33.9 Å². The summed E-state index contributed by atoms with van der Waals surface area (Å²) in [7, 11) is 1.52. The van der Waals surface area contributed by atoms with E-state index >= 15 is 0 Å². The van der Waals surface area contributed by atoms with E-state index in [4.69, 9.17) is 9.15 Å². The van der Waals surface area contributed by atoms with Crippen LogP contribution in [0.1, 0.15) is 22.7 Å². The summed E-state index contributed by atoms with van der Waals surface area (Å²) in [5.41, 5.74) is 3.19. The Balaban J connectivity index is 1.92. The van der Waals surface area contributed by atoms with E-state index in [-0.39, 0.29) is 16.5 Å². The van der Waals surface area contributed by atoms with Crippen LogP contribution >= 0.6 is 11.3 Å². The molecular formula is C19H15N3O5S. The second kappa shape index (κ2) is 6.93. The fraction of sp³-hybridized carbons (Fsp3) is 0.158. The van der Waals surface area contributed by atoms with Gasteiger partial charge < -0.3 is 14.3 Å². The highest BCUT2D eigenvalue weighted by atomic mass is 32.1. The number of hydrogen-bond acceptors (Lipinski definition) is 8. The first-order chi connectivity index (χ1) is 13.5. The molecule has 0 radical (unpaired) electrons. The number of anilines is 1. The smallest absolute Gasteiger partial charge is 0.301 e. The van der Waals surface area contributed by atoms with Crippen LogP contribution in [0.5, 0.6) is 5.75 Å². The van der Waals surface area contributed by atoms with Gasteiger partial charge in [-0.15, -0.1) is 10.2 Å². The zero-order valence-corrected chi connectivity index (χ0v) is 15.8. The molecule has 0 saturated carbocycles. The molecule has 0 bridgehead atoms. The lowest BCUT2D eigenvalue weighted by molar-refractivity contribution is -0.132. The first kappa shape index (κ1) is 17.9. The van der Waals surface area contributed by atoms with Crippen molar-refractivity contribution < 1.29 is 23.8 Å². The van der Waals surface area contributed by atoms with E-state index in [0.717, 1.165) is 16.9 Å². The molecule has 1 saturated heterocycles. The summed E-state index contributed by atoms with van der Waals surface area (Å²) in [6.07, 6.45) is 2.86. The molecule has 1 aliphatic rings. The largest absolute Gasteiger partial charge is 0.507 e. The molecule has 3 heterocycles. The molecular weight excluding hydrogens is 382 g/mol. The number of carbonyl (C=O) groups excluding carboxylic acids is 2. The van der Waals surface area contributed by atoms with Crippen LogP contribution in [0.15, 0.2) is 52.3 Å². The number of aliphatic hydroxyl groups excluding tert-OH is 1. The van der Waals surface area contributed by atoms with Crippen molar-refractivity contribution in [1.29, 1.82) is 0 Å². The van der Waals surface area contributed by atoms with Gasteiger partial charge in [0.25, 0.3) is 5.78 Å². The number of carbonyl (C=O) groups is 2. The Morgan fingerprint density at radius 3 is 2.79 bits per heavy atom. The average molecular weight is 397 g/mol. The van der Waals surface area contributed by atoms with E-state index in [0.29, 0.717) is 16.9 Å². The first-order valence-corrected chi connectivity index (χ1v) is 9.15. The number of amides is 1. The predicted molar refractivity (Wildman–Crippen MR) is 101 cm³/mol. The molecule has 1 fully saturated rings. The lowest BCUT2D eigenvalue weighted by Gasteiger charge is -2.20.